The van der Waals surface area contributed by atoms with Crippen LogP contribution in [0.25, 0.3) is 0 Å². The number of hydrogen-bond donors (Lipinski definition) is 0. The Labute approximate surface area is 176 Å². The largest absolute Gasteiger partial charge is 0.265 e. The summed E-state index contributed by atoms with van der Waals surface area (Å²) in [6.07, 6.45) is 0. The number of benzene rings is 4. The highest BCUT2D eigenvalue weighted by Crippen LogP contribution is 2.63. The van der Waals surface area contributed by atoms with E-state index in [2.05, 4.69) is 109 Å². The van der Waals surface area contributed by atoms with Crippen LogP contribution in [-0.2, 0) is 11.1 Å². The third kappa shape index (κ3) is 2.31. The molecular weight excluding hydrogens is 364 g/mol. The average molecular weight is 384 g/mol. The topological polar surface area (TPSA) is 24.7 Å². The summed E-state index contributed by atoms with van der Waals surface area (Å²) in [6, 6.07) is 42.2. The fraction of sp³-hybridized carbons (Fsp3) is 0.0714. The van der Waals surface area contributed by atoms with Crippen molar-refractivity contribution in [2.24, 2.45) is 9.98 Å². The second-order valence-corrected chi connectivity index (χ2v) is 7.81. The quantitative estimate of drug-likeness (QED) is 0.416. The molecule has 30 heavy (non-hydrogen) atoms. The molecule has 0 N–H and O–H groups in total. The first-order valence-electron chi connectivity index (χ1n) is 10.3. The second kappa shape index (κ2) is 6.36. The molecule has 2 nitrogen and oxygen atoms in total. The van der Waals surface area contributed by atoms with E-state index in [0.29, 0.717) is 0 Å². The van der Waals surface area contributed by atoms with Crippen LogP contribution in [-0.4, -0.2) is 11.4 Å². The highest BCUT2D eigenvalue weighted by Gasteiger charge is 2.73. The molecule has 4 aromatic rings. The van der Waals surface area contributed by atoms with E-state index >= 15 is 0 Å². The summed E-state index contributed by atoms with van der Waals surface area (Å²) in [5.74, 6) is 0. The van der Waals surface area contributed by atoms with Gasteiger partial charge in [0.15, 0.2) is 11.1 Å². The first kappa shape index (κ1) is 17.1. The van der Waals surface area contributed by atoms with Crippen LogP contribution in [0.3, 0.4) is 0 Å². The lowest BCUT2D eigenvalue weighted by molar-refractivity contribution is 0.537. The molecule has 0 spiro atoms. The summed E-state index contributed by atoms with van der Waals surface area (Å²) in [5.41, 5.74) is 5.87. The van der Waals surface area contributed by atoms with Crippen LogP contribution in [0.5, 0.6) is 0 Å². The SMILES string of the molecule is c1ccc(C2=N[C@]2(c2ccccc2)[C@]2(c3ccccc3)N=C2c2ccccc2)cc1. The van der Waals surface area contributed by atoms with E-state index in [4.69, 9.17) is 9.98 Å². The van der Waals surface area contributed by atoms with Crippen molar-refractivity contribution < 1.29 is 0 Å². The van der Waals surface area contributed by atoms with Crippen LogP contribution in [0.1, 0.15) is 22.3 Å². The third-order valence-electron chi connectivity index (χ3n) is 6.15. The lowest BCUT2D eigenvalue weighted by Crippen LogP contribution is -2.38. The molecule has 0 aromatic heterocycles. The Morgan fingerprint density at radius 1 is 0.367 bits per heavy atom. The summed E-state index contributed by atoms with van der Waals surface area (Å²) in [5, 5.41) is 0. The van der Waals surface area contributed by atoms with E-state index in [0.717, 1.165) is 22.6 Å². The molecule has 6 rings (SSSR count). The Kier molecular flexibility index (Phi) is 3.63. The Morgan fingerprint density at radius 3 is 1.00 bits per heavy atom. The van der Waals surface area contributed by atoms with Crippen LogP contribution < -0.4 is 0 Å². The summed E-state index contributed by atoms with van der Waals surface area (Å²) in [4.78, 5) is 10.4. The molecule has 2 atom stereocenters. The maximum absolute atomic E-state index is 5.22. The molecule has 0 radical (unpaired) electrons. The predicted molar refractivity (Wildman–Crippen MR) is 122 cm³/mol. The molecule has 2 heterocycles. The van der Waals surface area contributed by atoms with Crippen molar-refractivity contribution in [3.05, 3.63) is 144 Å². The van der Waals surface area contributed by atoms with Gasteiger partial charge in [-0.25, -0.2) is 0 Å². The zero-order valence-electron chi connectivity index (χ0n) is 16.4. The van der Waals surface area contributed by atoms with E-state index in [1.54, 1.807) is 0 Å². The second-order valence-electron chi connectivity index (χ2n) is 7.81. The minimum Gasteiger partial charge on any atom is -0.265 e. The van der Waals surface area contributed by atoms with Gasteiger partial charge in [0, 0.05) is 0 Å². The van der Waals surface area contributed by atoms with Crippen molar-refractivity contribution in [1.29, 1.82) is 0 Å². The Hall–Kier alpha value is -3.78. The number of rotatable bonds is 5. The van der Waals surface area contributed by atoms with Gasteiger partial charge in [-0.05, 0) is 22.3 Å². The lowest BCUT2D eigenvalue weighted by atomic mass is 9.71. The Balaban J connectivity index is 1.56. The summed E-state index contributed by atoms with van der Waals surface area (Å²) in [6.45, 7) is 0. The molecule has 0 bridgehead atoms. The third-order valence-corrected chi connectivity index (χ3v) is 6.15. The lowest BCUT2D eigenvalue weighted by Gasteiger charge is -2.28. The van der Waals surface area contributed by atoms with Gasteiger partial charge in [-0.3, -0.25) is 9.98 Å². The minimum absolute atomic E-state index is 0.512. The fourth-order valence-corrected chi connectivity index (χ4v) is 4.70. The standard InChI is InChI=1S/C28H20N2/c1-5-13-21(14-6-1)25-27(29-25,23-17-9-3-10-18-23)28(24-19-11-4-12-20-24)26(30-28)22-15-7-2-8-16-22/h1-20H/t27-,28+. The van der Waals surface area contributed by atoms with Crippen LogP contribution >= 0.6 is 0 Å². The van der Waals surface area contributed by atoms with Crippen molar-refractivity contribution in [3.8, 4) is 0 Å². The van der Waals surface area contributed by atoms with Gasteiger partial charge >= 0.3 is 0 Å². The molecule has 0 fully saturated rings. The average Bonchev–Trinajstić information content (AvgIpc) is 3.75. The first-order chi connectivity index (χ1) is 14.9. The fourth-order valence-electron chi connectivity index (χ4n) is 4.70. The summed E-state index contributed by atoms with van der Waals surface area (Å²) in [7, 11) is 0. The van der Waals surface area contributed by atoms with Gasteiger partial charge < -0.3 is 0 Å². The zero-order valence-corrected chi connectivity index (χ0v) is 16.4. The molecule has 0 saturated carbocycles. The van der Waals surface area contributed by atoms with Gasteiger partial charge in [0.1, 0.15) is 0 Å². The number of aliphatic imine (C=N–C) groups is 2. The van der Waals surface area contributed by atoms with Gasteiger partial charge in [0.25, 0.3) is 0 Å². The molecule has 0 amide bonds. The van der Waals surface area contributed by atoms with Crippen molar-refractivity contribution in [2.45, 2.75) is 11.1 Å². The van der Waals surface area contributed by atoms with Crippen molar-refractivity contribution in [1.82, 2.24) is 0 Å². The normalized spacial score (nSPS) is 24.0. The van der Waals surface area contributed by atoms with Crippen LogP contribution in [0, 0.1) is 0 Å². The van der Waals surface area contributed by atoms with Crippen LogP contribution in [0.4, 0.5) is 0 Å². The maximum Gasteiger partial charge on any atom is 0.163 e. The highest BCUT2D eigenvalue weighted by molar-refractivity contribution is 6.29. The van der Waals surface area contributed by atoms with Gasteiger partial charge in [0.2, 0.25) is 0 Å². The molecule has 2 aliphatic heterocycles. The molecule has 2 aliphatic rings. The summed E-state index contributed by atoms with van der Waals surface area (Å²) >= 11 is 0. The smallest absolute Gasteiger partial charge is 0.163 e. The molecule has 0 unspecified atom stereocenters. The van der Waals surface area contributed by atoms with Crippen LogP contribution in [0.15, 0.2) is 131 Å². The minimum atomic E-state index is -0.512. The predicted octanol–water partition coefficient (Wildman–Crippen LogP) is 5.78. The van der Waals surface area contributed by atoms with Crippen molar-refractivity contribution in [3.63, 3.8) is 0 Å². The van der Waals surface area contributed by atoms with E-state index in [-0.39, 0.29) is 0 Å². The van der Waals surface area contributed by atoms with E-state index in [1.165, 1.54) is 11.1 Å². The van der Waals surface area contributed by atoms with Crippen molar-refractivity contribution >= 4 is 11.4 Å². The van der Waals surface area contributed by atoms with Gasteiger partial charge in [-0.15, -0.1) is 0 Å². The number of hydrogen-bond acceptors (Lipinski definition) is 2. The van der Waals surface area contributed by atoms with Gasteiger partial charge in [-0.2, -0.15) is 0 Å². The molecule has 0 aliphatic carbocycles. The molecule has 142 valence electrons. The van der Waals surface area contributed by atoms with Gasteiger partial charge in [-0.1, -0.05) is 121 Å². The van der Waals surface area contributed by atoms with E-state index in [1.807, 2.05) is 12.1 Å². The van der Waals surface area contributed by atoms with Gasteiger partial charge in [0.05, 0.1) is 11.4 Å². The molecule has 2 heteroatoms. The van der Waals surface area contributed by atoms with Crippen molar-refractivity contribution in [2.75, 3.05) is 0 Å². The Bertz CT molecular complexity index is 1160. The number of nitrogens with zero attached hydrogens (tertiary/aromatic N) is 2. The summed E-state index contributed by atoms with van der Waals surface area (Å²) < 4.78 is 0. The van der Waals surface area contributed by atoms with E-state index < -0.39 is 11.1 Å². The first-order valence-corrected chi connectivity index (χ1v) is 10.3. The molecule has 4 aromatic carbocycles. The monoisotopic (exact) mass is 384 g/mol. The Morgan fingerprint density at radius 2 is 0.667 bits per heavy atom. The molecule has 0 saturated heterocycles. The molecular formula is C28H20N2. The zero-order chi connectivity index (χ0) is 20.0. The van der Waals surface area contributed by atoms with Crippen LogP contribution in [0.2, 0.25) is 0 Å². The highest BCUT2D eigenvalue weighted by atomic mass is 15.2. The maximum atomic E-state index is 5.22. The van der Waals surface area contributed by atoms with E-state index in [9.17, 15) is 0 Å².